The molecule has 0 aliphatic carbocycles. The fourth-order valence-electron chi connectivity index (χ4n) is 1.29. The Morgan fingerprint density at radius 3 is 3.38 bits per heavy atom. The second kappa shape index (κ2) is 2.95. The van der Waals surface area contributed by atoms with Gasteiger partial charge in [-0.3, -0.25) is 4.98 Å². The topological polar surface area (TPSA) is 25.2 Å². The third kappa shape index (κ3) is 1.16. The molecule has 0 saturated carbocycles. The predicted molar refractivity (Wildman–Crippen MR) is 64.8 cm³/mol. The quantitative estimate of drug-likeness (QED) is 0.673. The Hall–Kier alpha value is -0.620. The maximum atomic E-state index is 4.55. The van der Waals surface area contributed by atoms with Gasteiger partial charge in [0.15, 0.2) is 0 Å². The Labute approximate surface area is 89.5 Å². The van der Waals surface area contributed by atoms with E-state index in [2.05, 4.69) is 24.4 Å². The van der Waals surface area contributed by atoms with Gasteiger partial charge < -0.3 is 0 Å². The lowest BCUT2D eigenvalue weighted by Crippen LogP contribution is -1.70. The van der Waals surface area contributed by atoms with E-state index >= 15 is 0 Å². The molecular weight excluding hydrogens is 295 g/mol. The monoisotopic (exact) mass is 300 g/mol. The van der Waals surface area contributed by atoms with Crippen LogP contribution >= 0.6 is 32.4 Å². The Kier molecular flexibility index (Phi) is 1.76. The van der Waals surface area contributed by atoms with Gasteiger partial charge in [0, 0.05) is 27.2 Å². The smallest absolute Gasteiger partial charge is 0.113 e. The summed E-state index contributed by atoms with van der Waals surface area (Å²) >= 11 is 1.66. The summed E-state index contributed by atoms with van der Waals surface area (Å²) < 4.78 is 7.99. The van der Waals surface area contributed by atoms with Crippen LogP contribution in [0.4, 0.5) is 5.69 Å². The van der Waals surface area contributed by atoms with E-state index in [1.54, 1.807) is 11.3 Å². The van der Waals surface area contributed by atoms with Crippen molar-refractivity contribution < 1.29 is 0 Å². The molecule has 1 aliphatic heterocycles. The van der Waals surface area contributed by atoms with Crippen LogP contribution in [0, 0.1) is 0 Å². The summed E-state index contributed by atoms with van der Waals surface area (Å²) in [6.45, 7) is 0. The van der Waals surface area contributed by atoms with Crippen LogP contribution in [0.25, 0.3) is 16.3 Å². The molecule has 3 heterocycles. The number of rotatable bonds is 0. The highest BCUT2D eigenvalue weighted by Gasteiger charge is 2.11. The second-order valence-corrected chi connectivity index (χ2v) is 5.48. The number of fused-ring (bicyclic) bond motifs is 3. The molecule has 13 heavy (non-hydrogen) atoms. The van der Waals surface area contributed by atoms with Crippen molar-refractivity contribution in [3.63, 3.8) is 0 Å². The van der Waals surface area contributed by atoms with Gasteiger partial charge in [-0.1, -0.05) is 0 Å². The van der Waals surface area contributed by atoms with Gasteiger partial charge in [0.25, 0.3) is 0 Å². The van der Waals surface area contributed by atoms with Crippen LogP contribution in [-0.2, 0) is 0 Å². The molecule has 0 aromatic carbocycles. The third-order valence-corrected chi connectivity index (χ3v) is 4.39. The minimum absolute atomic E-state index is 0.112. The molecule has 0 radical (unpaired) electrons. The lowest BCUT2D eigenvalue weighted by atomic mass is 10.3. The molecule has 0 atom stereocenters. The lowest BCUT2D eigenvalue weighted by molar-refractivity contribution is 1.42. The van der Waals surface area contributed by atoms with Crippen LogP contribution in [-0.4, -0.2) is 4.98 Å². The number of halogens is 1. The third-order valence-electron chi connectivity index (χ3n) is 1.85. The number of hydrogen-bond acceptors (Lipinski definition) is 3. The normalized spacial score (nSPS) is 14.2. The Balaban J connectivity index is 2.49. The van der Waals surface area contributed by atoms with Gasteiger partial charge in [-0.2, -0.15) is 0 Å². The predicted octanol–water partition coefficient (Wildman–Crippen LogP) is 4.07. The zero-order valence-corrected chi connectivity index (χ0v) is 9.54. The van der Waals surface area contributed by atoms with Gasteiger partial charge in [-0.15, -0.1) is 11.3 Å². The van der Waals surface area contributed by atoms with E-state index in [0.717, 1.165) is 11.2 Å². The average molecular weight is 300 g/mol. The minimum Gasteiger partial charge on any atom is -0.253 e. The highest BCUT2D eigenvalue weighted by atomic mass is 127. The van der Waals surface area contributed by atoms with E-state index in [4.69, 9.17) is 0 Å². The van der Waals surface area contributed by atoms with Gasteiger partial charge in [0.1, 0.15) is 11.2 Å². The summed E-state index contributed by atoms with van der Waals surface area (Å²) in [4.78, 5) is 5.62. The van der Waals surface area contributed by atoms with E-state index in [0.29, 0.717) is 0 Å². The van der Waals surface area contributed by atoms with Crippen LogP contribution in [0.15, 0.2) is 25.6 Å². The molecule has 0 unspecified atom stereocenters. The molecule has 0 fully saturated rings. The largest absolute Gasteiger partial charge is 0.253 e. The molecule has 1 aliphatic rings. The molecule has 3 rings (SSSR count). The van der Waals surface area contributed by atoms with Crippen LogP contribution in [0.1, 0.15) is 4.88 Å². The molecule has 0 bridgehead atoms. The van der Waals surface area contributed by atoms with E-state index in [1.165, 1.54) is 9.58 Å². The van der Waals surface area contributed by atoms with Gasteiger partial charge >= 0.3 is 0 Å². The minimum atomic E-state index is -0.112. The first kappa shape index (κ1) is 7.75. The number of nitrogens with zero attached hydrogens (tertiary/aromatic N) is 2. The molecule has 4 heteroatoms. The number of thiophene rings is 1. The van der Waals surface area contributed by atoms with Crippen molar-refractivity contribution in [2.24, 2.45) is 3.15 Å². The lowest BCUT2D eigenvalue weighted by Gasteiger charge is -1.94. The van der Waals surface area contributed by atoms with Crippen molar-refractivity contribution in [1.29, 1.82) is 0 Å². The summed E-state index contributed by atoms with van der Waals surface area (Å²) in [5, 5.41) is 0. The van der Waals surface area contributed by atoms with E-state index < -0.39 is 0 Å². The molecule has 0 spiro atoms. The van der Waals surface area contributed by atoms with Gasteiger partial charge in [0.2, 0.25) is 0 Å². The highest BCUT2D eigenvalue weighted by molar-refractivity contribution is 14.2. The Morgan fingerprint density at radius 1 is 1.38 bits per heavy atom. The molecule has 0 saturated heterocycles. The first-order valence-electron chi connectivity index (χ1n) is 3.83. The van der Waals surface area contributed by atoms with Crippen molar-refractivity contribution in [2.45, 2.75) is 0 Å². The number of hydrogen-bond donors (Lipinski definition) is 0. The summed E-state index contributed by atoms with van der Waals surface area (Å²) in [5.74, 6) is 0. The molecule has 0 amide bonds. The van der Waals surface area contributed by atoms with Crippen molar-refractivity contribution in [1.82, 2.24) is 4.98 Å². The van der Waals surface area contributed by atoms with Gasteiger partial charge in [-0.05, 0) is 22.3 Å². The van der Waals surface area contributed by atoms with E-state index in [1.807, 2.05) is 12.3 Å². The summed E-state index contributed by atoms with van der Waals surface area (Å²) in [6.07, 6.45) is 4.02. The Morgan fingerprint density at radius 2 is 2.38 bits per heavy atom. The van der Waals surface area contributed by atoms with Crippen molar-refractivity contribution in [2.75, 3.05) is 0 Å². The second-order valence-electron chi connectivity index (χ2n) is 2.64. The first-order valence-corrected chi connectivity index (χ1v) is 6.86. The van der Waals surface area contributed by atoms with Gasteiger partial charge in [-0.25, -0.2) is 3.15 Å². The van der Waals surface area contributed by atoms with Crippen LogP contribution in [0.5, 0.6) is 0 Å². The van der Waals surface area contributed by atoms with E-state index in [9.17, 15) is 0 Å². The summed E-state index contributed by atoms with van der Waals surface area (Å²) in [5.41, 5.74) is 2.20. The maximum Gasteiger partial charge on any atom is 0.113 e. The zero-order chi connectivity index (χ0) is 8.67. The van der Waals surface area contributed by atoms with Crippen LogP contribution in [0.2, 0.25) is 0 Å². The fourth-order valence-corrected chi connectivity index (χ4v) is 4.15. The number of pyridine rings is 1. The first-order chi connectivity index (χ1) is 6.45. The van der Waals surface area contributed by atoms with Crippen LogP contribution < -0.4 is 0 Å². The fraction of sp³-hybridized carbons (Fsp3) is 0. The van der Waals surface area contributed by atoms with Crippen molar-refractivity contribution in [3.8, 4) is 0 Å². The molecule has 64 valence electrons. The molecule has 2 aromatic heterocycles. The van der Waals surface area contributed by atoms with Gasteiger partial charge in [0.05, 0.1) is 9.58 Å². The number of aromatic nitrogens is 1. The Bertz CT molecular complexity index is 527. The average Bonchev–Trinajstić information content (AvgIpc) is 2.56. The highest BCUT2D eigenvalue weighted by Crippen LogP contribution is 2.41. The molecule has 2 nitrogen and oxygen atoms in total. The molecule has 2 aromatic rings. The molecular formula is C9H5IN2S. The van der Waals surface area contributed by atoms with Crippen molar-refractivity contribution in [3.05, 3.63) is 27.3 Å². The summed E-state index contributed by atoms with van der Waals surface area (Å²) in [7, 11) is 0. The van der Waals surface area contributed by atoms with E-state index in [-0.39, 0.29) is 21.0 Å². The molecule has 0 N–H and O–H groups in total. The summed E-state index contributed by atoms with van der Waals surface area (Å²) in [6, 6.07) is 4.08. The van der Waals surface area contributed by atoms with Crippen molar-refractivity contribution >= 4 is 54.3 Å². The maximum absolute atomic E-state index is 4.55. The zero-order valence-electron chi connectivity index (χ0n) is 6.57. The SMILES string of the molecule is C1=Cc2sc3cccnc3c2N=I1. The standard InChI is InChI=1S/C9H5IN2S/c1-2-6-8(11-5-1)9-7(13-6)3-4-10-12-9/h1-5H. The van der Waals surface area contributed by atoms with Crippen LogP contribution in [0.3, 0.4) is 0 Å².